The van der Waals surface area contributed by atoms with Crippen LogP contribution in [0.1, 0.15) is 24.9 Å². The molecule has 0 saturated carbocycles. The van der Waals surface area contributed by atoms with Gasteiger partial charge in [-0.2, -0.15) is 0 Å². The number of aromatic nitrogens is 2. The molecule has 1 aromatic heterocycles. The first-order valence-corrected chi connectivity index (χ1v) is 10.2. The van der Waals surface area contributed by atoms with Gasteiger partial charge in [0, 0.05) is 45.1 Å². The van der Waals surface area contributed by atoms with Gasteiger partial charge in [-0.05, 0) is 38.4 Å². The van der Waals surface area contributed by atoms with Crippen molar-refractivity contribution in [2.45, 2.75) is 31.8 Å². The van der Waals surface area contributed by atoms with Crippen LogP contribution in [0.2, 0.25) is 0 Å². The van der Waals surface area contributed by atoms with Crippen LogP contribution in [-0.2, 0) is 6.42 Å². The van der Waals surface area contributed by atoms with E-state index >= 15 is 0 Å². The third-order valence-corrected chi connectivity index (χ3v) is 5.88. The predicted octanol–water partition coefficient (Wildman–Crippen LogP) is 3.13. The molecule has 3 atom stereocenters. The monoisotopic (exact) mass is 510 g/mol. The van der Waals surface area contributed by atoms with Crippen molar-refractivity contribution >= 4 is 29.9 Å². The quantitative estimate of drug-likeness (QED) is 0.369. The van der Waals surface area contributed by atoms with E-state index in [1.165, 1.54) is 5.56 Å². The summed E-state index contributed by atoms with van der Waals surface area (Å²) in [5.41, 5.74) is 1.37. The second kappa shape index (κ2) is 11.5. The summed E-state index contributed by atoms with van der Waals surface area (Å²) in [5.74, 6) is 1.63. The predicted molar refractivity (Wildman–Crippen MR) is 131 cm³/mol. The number of hydrogen-bond acceptors (Lipinski definition) is 3. The van der Waals surface area contributed by atoms with Gasteiger partial charge < -0.3 is 19.7 Å². The van der Waals surface area contributed by atoms with Crippen molar-refractivity contribution < 1.29 is 0 Å². The molecule has 1 aromatic carbocycles. The lowest BCUT2D eigenvalue weighted by Crippen LogP contribution is -2.51. The molecule has 0 spiro atoms. The van der Waals surface area contributed by atoms with Gasteiger partial charge in [0.15, 0.2) is 5.96 Å². The van der Waals surface area contributed by atoms with Gasteiger partial charge in [-0.25, -0.2) is 4.98 Å². The second-order valence-electron chi connectivity index (χ2n) is 8.02. The molecule has 1 saturated heterocycles. The van der Waals surface area contributed by atoms with E-state index in [4.69, 9.17) is 0 Å². The molecule has 6 nitrogen and oxygen atoms in total. The van der Waals surface area contributed by atoms with E-state index in [9.17, 15) is 0 Å². The molecule has 0 amide bonds. The summed E-state index contributed by atoms with van der Waals surface area (Å²) >= 11 is 0. The summed E-state index contributed by atoms with van der Waals surface area (Å²) in [6.07, 6.45) is 8.05. The van der Waals surface area contributed by atoms with Gasteiger partial charge in [0.1, 0.15) is 0 Å². The van der Waals surface area contributed by atoms with Crippen LogP contribution in [0.3, 0.4) is 0 Å². The van der Waals surface area contributed by atoms with Crippen molar-refractivity contribution in [3.8, 4) is 0 Å². The molecule has 1 fully saturated rings. The average molecular weight is 510 g/mol. The number of nitrogens with zero attached hydrogens (tertiary/aromatic N) is 5. The number of nitrogens with one attached hydrogen (secondary N) is 1. The first-order chi connectivity index (χ1) is 13.6. The molecule has 2 aromatic rings. The van der Waals surface area contributed by atoms with Crippen LogP contribution in [0.4, 0.5) is 0 Å². The van der Waals surface area contributed by atoms with Crippen molar-refractivity contribution in [3.05, 3.63) is 54.6 Å². The lowest BCUT2D eigenvalue weighted by atomic mass is 9.93. The molecule has 160 valence electrons. The smallest absolute Gasteiger partial charge is 0.193 e. The second-order valence-corrected chi connectivity index (χ2v) is 8.02. The first-order valence-electron chi connectivity index (χ1n) is 10.2. The summed E-state index contributed by atoms with van der Waals surface area (Å²) in [6.45, 7) is 5.20. The SMILES string of the molecule is CN=C(NCC(Cc1ccccc1)N(C)C)N1CCC(C)C(n2ccnc2)C1.I. The number of likely N-dealkylation sites (tertiary alicyclic amines) is 1. The van der Waals surface area contributed by atoms with E-state index in [0.717, 1.165) is 38.4 Å². The standard InChI is InChI=1S/C22H34N6.HI/c1-18-10-12-27(16-21(18)28-13-11-24-17-28)22(23-2)25-15-20(26(3)4)14-19-8-6-5-7-9-19;/h5-9,11,13,17-18,20-21H,10,12,14-16H2,1-4H3,(H,23,25);1H. The summed E-state index contributed by atoms with van der Waals surface area (Å²) in [4.78, 5) is 13.5. The summed E-state index contributed by atoms with van der Waals surface area (Å²) in [6, 6.07) is 11.5. The van der Waals surface area contributed by atoms with Gasteiger partial charge in [0.25, 0.3) is 0 Å². The molecule has 0 aliphatic carbocycles. The van der Waals surface area contributed by atoms with Crippen LogP contribution in [0, 0.1) is 5.92 Å². The molecule has 3 rings (SSSR count). The van der Waals surface area contributed by atoms with E-state index < -0.39 is 0 Å². The zero-order valence-electron chi connectivity index (χ0n) is 18.0. The van der Waals surface area contributed by atoms with Crippen LogP contribution in [-0.4, -0.2) is 72.1 Å². The van der Waals surface area contributed by atoms with Crippen LogP contribution in [0.5, 0.6) is 0 Å². The van der Waals surface area contributed by atoms with Gasteiger partial charge in [-0.1, -0.05) is 37.3 Å². The van der Waals surface area contributed by atoms with E-state index in [0.29, 0.717) is 18.0 Å². The number of likely N-dealkylation sites (N-methyl/N-ethyl adjacent to an activating group) is 1. The lowest BCUT2D eigenvalue weighted by molar-refractivity contribution is 0.187. The van der Waals surface area contributed by atoms with Crippen LogP contribution < -0.4 is 5.32 Å². The number of hydrogen-bond donors (Lipinski definition) is 1. The fraction of sp³-hybridized carbons (Fsp3) is 0.545. The average Bonchev–Trinajstić information content (AvgIpc) is 3.23. The summed E-state index contributed by atoms with van der Waals surface area (Å²) in [5, 5.41) is 3.63. The lowest BCUT2D eigenvalue weighted by Gasteiger charge is -2.39. The highest BCUT2D eigenvalue weighted by Gasteiger charge is 2.29. The zero-order chi connectivity index (χ0) is 19.9. The minimum Gasteiger partial charge on any atom is -0.355 e. The Kier molecular flexibility index (Phi) is 9.42. The number of benzene rings is 1. The van der Waals surface area contributed by atoms with Gasteiger partial charge in [-0.3, -0.25) is 4.99 Å². The Balaban J connectivity index is 0.00000300. The third-order valence-electron chi connectivity index (χ3n) is 5.88. The number of imidazole rings is 1. The minimum atomic E-state index is 0. The molecule has 0 bridgehead atoms. The Morgan fingerprint density at radius 2 is 2.07 bits per heavy atom. The minimum absolute atomic E-state index is 0. The molecule has 7 heteroatoms. The normalized spacial score (nSPS) is 21.0. The Morgan fingerprint density at radius 3 is 2.69 bits per heavy atom. The fourth-order valence-electron chi connectivity index (χ4n) is 3.96. The van der Waals surface area contributed by atoms with E-state index in [1.807, 2.05) is 19.6 Å². The van der Waals surface area contributed by atoms with Gasteiger partial charge in [0.05, 0.1) is 12.4 Å². The van der Waals surface area contributed by atoms with Crippen LogP contribution in [0.15, 0.2) is 54.0 Å². The summed E-state index contributed by atoms with van der Waals surface area (Å²) in [7, 11) is 6.18. The maximum absolute atomic E-state index is 4.58. The topological polar surface area (TPSA) is 48.7 Å². The molecule has 1 aliphatic heterocycles. The third kappa shape index (κ3) is 6.44. The Bertz CT molecular complexity index is 731. The van der Waals surface area contributed by atoms with E-state index in [1.54, 1.807) is 0 Å². The Morgan fingerprint density at radius 1 is 1.31 bits per heavy atom. The molecule has 0 radical (unpaired) electrons. The van der Waals surface area contributed by atoms with Crippen molar-refractivity contribution in [1.82, 2.24) is 24.7 Å². The molecular formula is C22H35IN6. The number of aliphatic imine (C=N–C) groups is 1. The molecule has 29 heavy (non-hydrogen) atoms. The van der Waals surface area contributed by atoms with Crippen LogP contribution in [0.25, 0.3) is 0 Å². The highest BCUT2D eigenvalue weighted by atomic mass is 127. The van der Waals surface area contributed by atoms with Crippen molar-refractivity contribution in [1.29, 1.82) is 0 Å². The number of halogens is 1. The van der Waals surface area contributed by atoms with Gasteiger partial charge >= 0.3 is 0 Å². The maximum Gasteiger partial charge on any atom is 0.193 e. The number of rotatable bonds is 6. The molecule has 2 heterocycles. The highest BCUT2D eigenvalue weighted by molar-refractivity contribution is 14.0. The molecule has 1 N–H and O–H groups in total. The molecular weight excluding hydrogens is 475 g/mol. The number of piperidine rings is 1. The van der Waals surface area contributed by atoms with Crippen molar-refractivity contribution in [2.75, 3.05) is 40.8 Å². The van der Waals surface area contributed by atoms with Crippen LogP contribution >= 0.6 is 24.0 Å². The zero-order valence-corrected chi connectivity index (χ0v) is 20.4. The van der Waals surface area contributed by atoms with E-state index in [2.05, 4.69) is 87.2 Å². The largest absolute Gasteiger partial charge is 0.355 e. The van der Waals surface area contributed by atoms with Gasteiger partial charge in [-0.15, -0.1) is 24.0 Å². The Labute approximate surface area is 192 Å². The van der Waals surface area contributed by atoms with E-state index in [-0.39, 0.29) is 24.0 Å². The van der Waals surface area contributed by atoms with Crippen molar-refractivity contribution in [2.24, 2.45) is 10.9 Å². The number of guanidine groups is 1. The Hall–Kier alpha value is -1.61. The summed E-state index contributed by atoms with van der Waals surface area (Å²) < 4.78 is 2.24. The highest BCUT2D eigenvalue weighted by Crippen LogP contribution is 2.27. The molecule has 3 unspecified atom stereocenters. The maximum atomic E-state index is 4.58. The fourth-order valence-corrected chi connectivity index (χ4v) is 3.96. The molecule has 1 aliphatic rings. The first kappa shape index (κ1) is 23.7. The van der Waals surface area contributed by atoms with Crippen molar-refractivity contribution in [3.63, 3.8) is 0 Å². The van der Waals surface area contributed by atoms with Gasteiger partial charge in [0.2, 0.25) is 0 Å².